The second kappa shape index (κ2) is 8.24. The van der Waals surface area contributed by atoms with Crippen molar-refractivity contribution in [2.24, 2.45) is 5.92 Å². The molecule has 1 aliphatic rings. The highest BCUT2D eigenvalue weighted by Gasteiger charge is 2.24. The van der Waals surface area contributed by atoms with Gasteiger partial charge in [0.1, 0.15) is 5.82 Å². The number of nitrogens with one attached hydrogen (secondary N) is 2. The van der Waals surface area contributed by atoms with Crippen molar-refractivity contribution in [3.05, 3.63) is 65.2 Å². The fraction of sp³-hybridized carbons (Fsp3) is 0.360. The van der Waals surface area contributed by atoms with E-state index >= 15 is 0 Å². The monoisotopic (exact) mass is 387 g/mol. The predicted molar refractivity (Wildman–Crippen MR) is 120 cm³/mol. The summed E-state index contributed by atoms with van der Waals surface area (Å²) in [5, 5.41) is 7.59. The molecule has 1 heterocycles. The first kappa shape index (κ1) is 19.4. The molecule has 0 unspecified atom stereocenters. The minimum atomic E-state index is -0.00831. The van der Waals surface area contributed by atoms with Crippen LogP contribution in [0.15, 0.2) is 48.5 Å². The molecule has 1 fully saturated rings. The highest BCUT2D eigenvalue weighted by atomic mass is 16.1. The van der Waals surface area contributed by atoms with Gasteiger partial charge < -0.3 is 10.6 Å². The molecule has 0 spiro atoms. The van der Waals surface area contributed by atoms with Crippen LogP contribution in [-0.2, 0) is 0 Å². The van der Waals surface area contributed by atoms with Crippen LogP contribution in [0, 0.1) is 19.8 Å². The highest BCUT2D eigenvalue weighted by molar-refractivity contribution is 6.07. The van der Waals surface area contributed by atoms with Gasteiger partial charge in [-0.1, -0.05) is 55.7 Å². The van der Waals surface area contributed by atoms with Crippen LogP contribution >= 0.6 is 0 Å². The van der Waals surface area contributed by atoms with Crippen LogP contribution in [0.5, 0.6) is 0 Å². The Hall–Kier alpha value is -2.88. The first-order chi connectivity index (χ1) is 14.0. The van der Waals surface area contributed by atoms with Crippen LogP contribution < -0.4 is 10.6 Å². The maximum atomic E-state index is 13.2. The predicted octanol–water partition coefficient (Wildman–Crippen LogP) is 5.90. The molecule has 0 saturated heterocycles. The summed E-state index contributed by atoms with van der Waals surface area (Å²) in [5.74, 6) is 1.21. The molecule has 4 heteroatoms. The van der Waals surface area contributed by atoms with E-state index in [1.165, 1.54) is 24.8 Å². The number of para-hydroxylation sites is 1. The van der Waals surface area contributed by atoms with Crippen LogP contribution in [0.1, 0.15) is 54.1 Å². The Morgan fingerprint density at radius 2 is 1.83 bits per heavy atom. The van der Waals surface area contributed by atoms with Crippen molar-refractivity contribution in [3.63, 3.8) is 0 Å². The first-order valence-electron chi connectivity index (χ1n) is 10.6. The molecule has 1 saturated carbocycles. The summed E-state index contributed by atoms with van der Waals surface area (Å²) in [6, 6.07) is 16.3. The third-order valence-corrected chi connectivity index (χ3v) is 6.03. The maximum absolute atomic E-state index is 13.2. The molecule has 2 aromatic carbocycles. The molecule has 0 bridgehead atoms. The van der Waals surface area contributed by atoms with Crippen LogP contribution in [0.4, 0.5) is 11.5 Å². The SMILES string of the molecule is Cc1ccc(Nc2cc(C(=O)N[C@H]3CCCC[C@@H]3C)c3ccccc3n2)c(C)c1. The molecular weight excluding hydrogens is 358 g/mol. The molecule has 2 atom stereocenters. The van der Waals surface area contributed by atoms with Crippen molar-refractivity contribution in [2.75, 3.05) is 5.32 Å². The second-order valence-electron chi connectivity index (χ2n) is 8.36. The number of hydrogen-bond donors (Lipinski definition) is 2. The van der Waals surface area contributed by atoms with Crippen LogP contribution in [0.2, 0.25) is 0 Å². The zero-order valence-corrected chi connectivity index (χ0v) is 17.5. The Morgan fingerprint density at radius 3 is 2.62 bits per heavy atom. The zero-order chi connectivity index (χ0) is 20.4. The summed E-state index contributed by atoms with van der Waals surface area (Å²) in [6.45, 7) is 6.40. The number of carbonyl (C=O) groups excluding carboxylic acids is 1. The van der Waals surface area contributed by atoms with Crippen LogP contribution in [0.3, 0.4) is 0 Å². The summed E-state index contributed by atoms with van der Waals surface area (Å²) in [7, 11) is 0. The van der Waals surface area contributed by atoms with E-state index in [-0.39, 0.29) is 11.9 Å². The molecule has 1 amide bonds. The van der Waals surface area contributed by atoms with Crippen molar-refractivity contribution in [2.45, 2.75) is 52.5 Å². The maximum Gasteiger partial charge on any atom is 0.252 e. The number of benzene rings is 2. The van der Waals surface area contributed by atoms with E-state index in [0.29, 0.717) is 17.3 Å². The van der Waals surface area contributed by atoms with E-state index in [2.05, 4.69) is 49.6 Å². The molecule has 0 radical (unpaired) electrons. The molecule has 4 rings (SSSR count). The summed E-state index contributed by atoms with van der Waals surface area (Å²) < 4.78 is 0. The summed E-state index contributed by atoms with van der Waals surface area (Å²) in [6.07, 6.45) is 4.69. The van der Waals surface area contributed by atoms with Gasteiger partial charge in [0.25, 0.3) is 5.91 Å². The number of nitrogens with zero attached hydrogens (tertiary/aromatic N) is 1. The molecule has 29 heavy (non-hydrogen) atoms. The number of amides is 1. The van der Waals surface area contributed by atoms with E-state index < -0.39 is 0 Å². The molecule has 4 nitrogen and oxygen atoms in total. The average molecular weight is 388 g/mol. The van der Waals surface area contributed by atoms with E-state index in [9.17, 15) is 4.79 Å². The molecule has 1 aromatic heterocycles. The fourth-order valence-electron chi connectivity index (χ4n) is 4.30. The van der Waals surface area contributed by atoms with Gasteiger partial charge in [0.2, 0.25) is 0 Å². The number of hydrogen-bond acceptors (Lipinski definition) is 3. The summed E-state index contributed by atoms with van der Waals surface area (Å²) in [5.41, 5.74) is 4.89. The number of pyridine rings is 1. The molecule has 0 aliphatic heterocycles. The van der Waals surface area contributed by atoms with Gasteiger partial charge in [0, 0.05) is 17.1 Å². The van der Waals surface area contributed by atoms with Gasteiger partial charge in [-0.25, -0.2) is 4.98 Å². The lowest BCUT2D eigenvalue weighted by molar-refractivity contribution is 0.0912. The van der Waals surface area contributed by atoms with Crippen LogP contribution in [-0.4, -0.2) is 16.9 Å². The van der Waals surface area contributed by atoms with Gasteiger partial charge >= 0.3 is 0 Å². The Labute approximate surface area is 172 Å². The summed E-state index contributed by atoms with van der Waals surface area (Å²) >= 11 is 0. The number of anilines is 2. The molecule has 2 N–H and O–H groups in total. The zero-order valence-electron chi connectivity index (χ0n) is 17.5. The normalized spacial score (nSPS) is 19.1. The van der Waals surface area contributed by atoms with Gasteiger partial charge in [0.15, 0.2) is 0 Å². The van der Waals surface area contributed by atoms with Crippen LogP contribution in [0.25, 0.3) is 10.9 Å². The van der Waals surface area contributed by atoms with Crippen molar-refractivity contribution in [3.8, 4) is 0 Å². The molecule has 150 valence electrons. The smallest absolute Gasteiger partial charge is 0.252 e. The third-order valence-electron chi connectivity index (χ3n) is 6.03. The third kappa shape index (κ3) is 4.26. The Kier molecular flexibility index (Phi) is 5.52. The quantitative estimate of drug-likeness (QED) is 0.586. The fourth-order valence-corrected chi connectivity index (χ4v) is 4.30. The number of rotatable bonds is 4. The van der Waals surface area contributed by atoms with Crippen molar-refractivity contribution in [1.82, 2.24) is 10.3 Å². The topological polar surface area (TPSA) is 54.0 Å². The lowest BCUT2D eigenvalue weighted by Gasteiger charge is -2.29. The van der Waals surface area contributed by atoms with Gasteiger partial charge in [-0.05, 0) is 56.4 Å². The van der Waals surface area contributed by atoms with Gasteiger partial charge in [0.05, 0.1) is 11.1 Å². The van der Waals surface area contributed by atoms with E-state index in [1.807, 2.05) is 30.3 Å². The number of aryl methyl sites for hydroxylation is 2. The van der Waals surface area contributed by atoms with E-state index in [4.69, 9.17) is 4.98 Å². The first-order valence-corrected chi connectivity index (χ1v) is 10.6. The molecule has 1 aliphatic carbocycles. The number of fused-ring (bicyclic) bond motifs is 1. The number of carbonyl (C=O) groups is 1. The lowest BCUT2D eigenvalue weighted by atomic mass is 9.86. The van der Waals surface area contributed by atoms with Gasteiger partial charge in [-0.3, -0.25) is 4.79 Å². The Balaban J connectivity index is 1.68. The van der Waals surface area contributed by atoms with Crippen molar-refractivity contribution >= 4 is 28.3 Å². The standard InChI is InChI=1S/C25H29N3O/c1-16-12-13-22(18(3)14-16)26-24-15-20(19-9-5-7-11-23(19)27-24)25(29)28-21-10-6-4-8-17(21)2/h5,7,9,11-15,17,21H,4,6,8,10H2,1-3H3,(H,26,27)(H,28,29)/t17-,21-/m0/s1. The largest absolute Gasteiger partial charge is 0.349 e. The highest BCUT2D eigenvalue weighted by Crippen LogP contribution is 2.27. The lowest BCUT2D eigenvalue weighted by Crippen LogP contribution is -2.41. The van der Waals surface area contributed by atoms with Gasteiger partial charge in [-0.2, -0.15) is 0 Å². The summed E-state index contributed by atoms with van der Waals surface area (Å²) in [4.78, 5) is 18.0. The van der Waals surface area contributed by atoms with Crippen molar-refractivity contribution < 1.29 is 4.79 Å². The van der Waals surface area contributed by atoms with E-state index in [0.717, 1.165) is 28.6 Å². The molecule has 3 aromatic rings. The minimum Gasteiger partial charge on any atom is -0.349 e. The average Bonchev–Trinajstić information content (AvgIpc) is 2.71. The van der Waals surface area contributed by atoms with Crippen molar-refractivity contribution in [1.29, 1.82) is 0 Å². The van der Waals surface area contributed by atoms with Gasteiger partial charge in [-0.15, -0.1) is 0 Å². The molecular formula is C25H29N3O. The number of aromatic nitrogens is 1. The Morgan fingerprint density at radius 1 is 1.03 bits per heavy atom. The Bertz CT molecular complexity index is 1040. The van der Waals surface area contributed by atoms with E-state index in [1.54, 1.807) is 0 Å². The second-order valence-corrected chi connectivity index (χ2v) is 8.36. The minimum absolute atomic E-state index is 0.00831.